The molecule has 2 heteroatoms. The minimum atomic E-state index is -0.584. The molecular formula is C16H26O2. The van der Waals surface area contributed by atoms with Crippen molar-refractivity contribution in [2.24, 2.45) is 35.0 Å². The molecule has 102 valence electrons. The summed E-state index contributed by atoms with van der Waals surface area (Å²) in [6, 6.07) is 0. The van der Waals surface area contributed by atoms with Crippen molar-refractivity contribution in [2.75, 3.05) is 0 Å². The second-order valence-electron chi connectivity index (χ2n) is 7.52. The molecule has 0 aliphatic heterocycles. The van der Waals surface area contributed by atoms with Crippen LogP contribution in [0.4, 0.5) is 0 Å². The number of hydrogen-bond donors (Lipinski definition) is 1. The minimum Gasteiger partial charge on any atom is -0.481 e. The molecule has 4 saturated carbocycles. The van der Waals surface area contributed by atoms with Gasteiger partial charge in [0.1, 0.15) is 0 Å². The van der Waals surface area contributed by atoms with Crippen LogP contribution in [-0.4, -0.2) is 11.1 Å². The summed E-state index contributed by atoms with van der Waals surface area (Å²) < 4.78 is 0. The third-order valence-corrected chi connectivity index (χ3v) is 6.40. The van der Waals surface area contributed by atoms with E-state index in [2.05, 4.69) is 0 Å². The molecule has 1 N–H and O–H groups in total. The van der Waals surface area contributed by atoms with Crippen LogP contribution in [0.1, 0.15) is 58.8 Å². The van der Waals surface area contributed by atoms with Gasteiger partial charge in [-0.15, -0.1) is 0 Å². The molecule has 2 nitrogen and oxygen atoms in total. The first-order chi connectivity index (χ1) is 8.51. The minimum absolute atomic E-state index is 0.486. The lowest BCUT2D eigenvalue weighted by atomic mass is 9.50. The van der Waals surface area contributed by atoms with E-state index in [-0.39, 0.29) is 0 Å². The maximum atomic E-state index is 11.5. The van der Waals surface area contributed by atoms with E-state index in [1.807, 2.05) is 13.8 Å². The van der Waals surface area contributed by atoms with E-state index in [0.29, 0.717) is 5.92 Å². The summed E-state index contributed by atoms with van der Waals surface area (Å²) in [6.07, 6.45) is 8.77. The summed E-state index contributed by atoms with van der Waals surface area (Å²) in [7, 11) is 0. The number of rotatable bonds is 4. The Morgan fingerprint density at radius 2 is 1.61 bits per heavy atom. The highest BCUT2D eigenvalue weighted by Gasteiger charge is 2.50. The first-order valence-corrected chi connectivity index (χ1v) is 7.75. The van der Waals surface area contributed by atoms with Crippen LogP contribution >= 0.6 is 0 Å². The van der Waals surface area contributed by atoms with Crippen molar-refractivity contribution in [3.63, 3.8) is 0 Å². The van der Waals surface area contributed by atoms with Gasteiger partial charge in [0, 0.05) is 0 Å². The molecule has 0 aromatic rings. The highest BCUT2D eigenvalue weighted by molar-refractivity contribution is 5.74. The Balaban J connectivity index is 1.75. The first kappa shape index (κ1) is 12.5. The lowest BCUT2D eigenvalue weighted by Gasteiger charge is -2.55. The van der Waals surface area contributed by atoms with Gasteiger partial charge >= 0.3 is 5.97 Å². The van der Waals surface area contributed by atoms with Crippen molar-refractivity contribution < 1.29 is 9.90 Å². The quantitative estimate of drug-likeness (QED) is 0.820. The van der Waals surface area contributed by atoms with Gasteiger partial charge in [-0.25, -0.2) is 0 Å². The summed E-state index contributed by atoms with van der Waals surface area (Å²) in [6.45, 7) is 3.99. The zero-order valence-electron chi connectivity index (χ0n) is 11.7. The van der Waals surface area contributed by atoms with Crippen LogP contribution < -0.4 is 0 Å². The fourth-order valence-electron chi connectivity index (χ4n) is 5.27. The van der Waals surface area contributed by atoms with Crippen molar-refractivity contribution in [3.05, 3.63) is 0 Å². The molecule has 4 aliphatic rings. The molecule has 4 fully saturated rings. The number of carbonyl (C=O) groups is 1. The average molecular weight is 250 g/mol. The highest BCUT2D eigenvalue weighted by Crippen LogP contribution is 2.58. The topological polar surface area (TPSA) is 37.3 Å². The molecule has 18 heavy (non-hydrogen) atoms. The standard InChI is InChI=1S/C16H26O2/c1-3-16(2,15(17)18)9-14-12-5-10-4-11(7-12)8-13(14)6-10/h10-14H,3-9H2,1-2H3,(H,17,18). The predicted molar refractivity (Wildman–Crippen MR) is 71.2 cm³/mol. The van der Waals surface area contributed by atoms with Crippen LogP contribution in [-0.2, 0) is 4.79 Å². The third-order valence-electron chi connectivity index (χ3n) is 6.40. The Bertz CT molecular complexity index is 321. The first-order valence-electron chi connectivity index (χ1n) is 7.75. The Kier molecular flexibility index (Phi) is 2.95. The SMILES string of the molecule is CCC(C)(CC1C2CC3CC(C2)CC1C3)C(=O)O. The second kappa shape index (κ2) is 4.25. The largest absolute Gasteiger partial charge is 0.481 e. The van der Waals surface area contributed by atoms with Gasteiger partial charge in [0.15, 0.2) is 0 Å². The van der Waals surface area contributed by atoms with Gasteiger partial charge in [0.25, 0.3) is 0 Å². The molecular weight excluding hydrogens is 224 g/mol. The molecule has 0 heterocycles. The molecule has 0 spiro atoms. The number of aliphatic carboxylic acids is 1. The number of carboxylic acids is 1. The molecule has 4 aliphatic carbocycles. The smallest absolute Gasteiger partial charge is 0.309 e. The number of carboxylic acid groups (broad SMARTS) is 1. The van der Waals surface area contributed by atoms with Crippen LogP contribution in [0.3, 0.4) is 0 Å². The van der Waals surface area contributed by atoms with E-state index >= 15 is 0 Å². The highest BCUT2D eigenvalue weighted by atomic mass is 16.4. The van der Waals surface area contributed by atoms with Gasteiger partial charge in [-0.05, 0) is 81.5 Å². The number of hydrogen-bond acceptors (Lipinski definition) is 1. The molecule has 0 radical (unpaired) electrons. The Hall–Kier alpha value is -0.530. The maximum absolute atomic E-state index is 11.5. The molecule has 0 aromatic carbocycles. The lowest BCUT2D eigenvalue weighted by Crippen LogP contribution is -2.47. The van der Waals surface area contributed by atoms with Crippen molar-refractivity contribution in [1.29, 1.82) is 0 Å². The van der Waals surface area contributed by atoms with Crippen LogP contribution in [0.25, 0.3) is 0 Å². The molecule has 4 bridgehead atoms. The van der Waals surface area contributed by atoms with Crippen LogP contribution in [0.2, 0.25) is 0 Å². The molecule has 1 atom stereocenters. The summed E-state index contributed by atoms with van der Waals surface area (Å²) in [5, 5.41) is 9.49. The van der Waals surface area contributed by atoms with Crippen molar-refractivity contribution in [2.45, 2.75) is 58.8 Å². The Labute approximate surface area is 110 Å². The Morgan fingerprint density at radius 1 is 1.11 bits per heavy atom. The average Bonchev–Trinajstić information content (AvgIpc) is 2.32. The van der Waals surface area contributed by atoms with Crippen LogP contribution in [0, 0.1) is 35.0 Å². The third kappa shape index (κ3) is 1.88. The van der Waals surface area contributed by atoms with Gasteiger partial charge < -0.3 is 5.11 Å². The normalized spacial score (nSPS) is 44.9. The van der Waals surface area contributed by atoms with Crippen LogP contribution in [0.5, 0.6) is 0 Å². The molecule has 1 unspecified atom stereocenters. The van der Waals surface area contributed by atoms with Gasteiger partial charge in [0.2, 0.25) is 0 Å². The molecule has 4 rings (SSSR count). The lowest BCUT2D eigenvalue weighted by molar-refractivity contribution is -0.151. The second-order valence-corrected chi connectivity index (χ2v) is 7.52. The zero-order valence-corrected chi connectivity index (χ0v) is 11.7. The molecule has 0 amide bonds. The van der Waals surface area contributed by atoms with Crippen molar-refractivity contribution in [1.82, 2.24) is 0 Å². The predicted octanol–water partition coefficient (Wildman–Crippen LogP) is 3.95. The fourth-order valence-corrected chi connectivity index (χ4v) is 5.27. The van der Waals surface area contributed by atoms with E-state index in [1.165, 1.54) is 32.1 Å². The van der Waals surface area contributed by atoms with Gasteiger partial charge in [0.05, 0.1) is 5.41 Å². The fraction of sp³-hybridized carbons (Fsp3) is 0.938. The zero-order chi connectivity index (χ0) is 12.9. The maximum Gasteiger partial charge on any atom is 0.309 e. The van der Waals surface area contributed by atoms with Gasteiger partial charge in [-0.1, -0.05) is 6.92 Å². The Morgan fingerprint density at radius 3 is 2.00 bits per heavy atom. The molecule has 0 saturated heterocycles. The van der Waals surface area contributed by atoms with E-state index in [9.17, 15) is 9.90 Å². The molecule has 0 aromatic heterocycles. The van der Waals surface area contributed by atoms with Crippen molar-refractivity contribution >= 4 is 5.97 Å². The van der Waals surface area contributed by atoms with Crippen LogP contribution in [0.15, 0.2) is 0 Å². The van der Waals surface area contributed by atoms with Gasteiger partial charge in [-0.3, -0.25) is 4.79 Å². The van der Waals surface area contributed by atoms with E-state index in [4.69, 9.17) is 0 Å². The summed E-state index contributed by atoms with van der Waals surface area (Å²) in [5.74, 6) is 3.80. The summed E-state index contributed by atoms with van der Waals surface area (Å²) in [4.78, 5) is 11.5. The van der Waals surface area contributed by atoms with E-state index < -0.39 is 11.4 Å². The van der Waals surface area contributed by atoms with Crippen molar-refractivity contribution in [3.8, 4) is 0 Å². The summed E-state index contributed by atoms with van der Waals surface area (Å²) >= 11 is 0. The van der Waals surface area contributed by atoms with E-state index in [1.54, 1.807) is 0 Å². The van der Waals surface area contributed by atoms with Gasteiger partial charge in [-0.2, -0.15) is 0 Å². The van der Waals surface area contributed by atoms with E-state index in [0.717, 1.165) is 36.5 Å². The monoisotopic (exact) mass is 250 g/mol. The summed E-state index contributed by atoms with van der Waals surface area (Å²) in [5.41, 5.74) is -0.486.